The molecule has 14 aromatic rings. The molecular weight excluding hydrogens is 965 g/mol. The largest absolute Gasteiger partial charge is 0.309 e. The molecule has 15 rings (SSSR count). The zero-order valence-corrected chi connectivity index (χ0v) is 43.9. The van der Waals surface area contributed by atoms with Crippen molar-refractivity contribution in [3.8, 4) is 106 Å². The lowest BCUT2D eigenvalue weighted by atomic mass is 9.87. The molecule has 1 atom stereocenters. The molecule has 2 aromatic heterocycles. The van der Waals surface area contributed by atoms with Crippen LogP contribution in [0.25, 0.3) is 128 Å². The first-order chi connectivity index (χ1) is 39.6. The first-order valence-corrected chi connectivity index (χ1v) is 27.6. The number of hydrogen-bond acceptors (Lipinski definition) is 1. The monoisotopic (exact) mass is 1020 g/mol. The van der Waals surface area contributed by atoms with Crippen molar-refractivity contribution in [3.05, 3.63) is 326 Å². The Hall–Kier alpha value is -10.4. The van der Waals surface area contributed by atoms with Gasteiger partial charge in [-0.2, -0.15) is 0 Å². The van der Waals surface area contributed by atoms with Gasteiger partial charge in [0.05, 0.1) is 22.4 Å². The molecule has 1 aliphatic rings. The number of pyridine rings is 1. The van der Waals surface area contributed by atoms with Gasteiger partial charge in [0.2, 0.25) is 0 Å². The molecule has 0 fully saturated rings. The van der Waals surface area contributed by atoms with Crippen molar-refractivity contribution < 1.29 is 0 Å². The van der Waals surface area contributed by atoms with Gasteiger partial charge in [-0.3, -0.25) is 0 Å². The molecule has 374 valence electrons. The van der Waals surface area contributed by atoms with E-state index in [9.17, 15) is 0 Å². The smallest absolute Gasteiger partial charge is 0.0722 e. The average molecular weight is 1020 g/mol. The second-order valence-corrected chi connectivity index (χ2v) is 21.0. The van der Waals surface area contributed by atoms with Gasteiger partial charge in [0.15, 0.2) is 0 Å². The van der Waals surface area contributed by atoms with Crippen molar-refractivity contribution in [2.24, 2.45) is 0 Å². The average Bonchev–Trinajstić information content (AvgIpc) is 4.24. The number of hydrogen-bond donors (Lipinski definition) is 0. The van der Waals surface area contributed by atoms with E-state index in [2.05, 4.69) is 314 Å². The third kappa shape index (κ3) is 8.43. The van der Waals surface area contributed by atoms with E-state index in [4.69, 9.17) is 4.98 Å². The summed E-state index contributed by atoms with van der Waals surface area (Å²) in [4.78, 5) is 5.65. The standard InChI is InChI=1S/C78H52N2/c1-6-20-52(21-7-1)61-44-62(53-22-8-2-9-23-53)46-63(45-61)54-34-36-55(37-35-54)64-50-74(56-24-10-3-11-25-56)79-75(51-64)72-47-58(59-40-43-77-73(48-59)68-31-18-19-33-76(68)80(77)65-28-14-5-15-29-65)38-41-66(72)60-39-42-70-71(49-60)67-30-16-17-32-69(67)78(70)57-26-12-4-13-27-57/h1-51,78H. The molecule has 0 radical (unpaired) electrons. The third-order valence-corrected chi connectivity index (χ3v) is 16.3. The molecule has 80 heavy (non-hydrogen) atoms. The molecule has 0 N–H and O–H groups in total. The van der Waals surface area contributed by atoms with Crippen LogP contribution in [-0.2, 0) is 0 Å². The minimum absolute atomic E-state index is 0.165. The summed E-state index contributed by atoms with van der Waals surface area (Å²) < 4.78 is 2.38. The lowest BCUT2D eigenvalue weighted by Gasteiger charge is -2.17. The van der Waals surface area contributed by atoms with E-state index in [0.29, 0.717) is 0 Å². The summed E-state index contributed by atoms with van der Waals surface area (Å²) in [7, 11) is 0. The Morgan fingerprint density at radius 2 is 0.700 bits per heavy atom. The Morgan fingerprint density at radius 1 is 0.237 bits per heavy atom. The van der Waals surface area contributed by atoms with Crippen LogP contribution >= 0.6 is 0 Å². The van der Waals surface area contributed by atoms with Crippen molar-refractivity contribution in [1.82, 2.24) is 9.55 Å². The highest BCUT2D eigenvalue weighted by Gasteiger charge is 2.30. The topological polar surface area (TPSA) is 17.8 Å². The Labute approximate surface area is 466 Å². The van der Waals surface area contributed by atoms with Crippen LogP contribution in [0.2, 0.25) is 0 Å². The minimum atomic E-state index is 0.165. The second-order valence-electron chi connectivity index (χ2n) is 21.0. The summed E-state index contributed by atoms with van der Waals surface area (Å²) in [5.41, 5.74) is 27.9. The molecule has 12 aromatic carbocycles. The molecule has 0 aliphatic heterocycles. The fourth-order valence-electron chi connectivity index (χ4n) is 12.4. The van der Waals surface area contributed by atoms with Gasteiger partial charge in [0.25, 0.3) is 0 Å². The quantitative estimate of drug-likeness (QED) is 0.133. The number of benzene rings is 12. The van der Waals surface area contributed by atoms with Gasteiger partial charge < -0.3 is 4.57 Å². The van der Waals surface area contributed by atoms with Crippen molar-refractivity contribution in [2.45, 2.75) is 5.92 Å². The number of aromatic nitrogens is 2. The van der Waals surface area contributed by atoms with Crippen LogP contribution in [0.15, 0.2) is 309 Å². The maximum atomic E-state index is 5.65. The van der Waals surface area contributed by atoms with Crippen molar-refractivity contribution in [1.29, 1.82) is 0 Å². The molecule has 2 nitrogen and oxygen atoms in total. The maximum Gasteiger partial charge on any atom is 0.0722 e. The highest BCUT2D eigenvalue weighted by atomic mass is 15.0. The first-order valence-electron chi connectivity index (χ1n) is 27.6. The first kappa shape index (κ1) is 46.9. The molecule has 0 spiro atoms. The third-order valence-electron chi connectivity index (χ3n) is 16.3. The summed E-state index contributed by atoms with van der Waals surface area (Å²) in [6, 6.07) is 113. The van der Waals surface area contributed by atoms with E-state index in [-0.39, 0.29) is 5.92 Å². The molecule has 0 saturated heterocycles. The molecule has 2 heteroatoms. The van der Waals surface area contributed by atoms with Gasteiger partial charge in [-0.15, -0.1) is 0 Å². The van der Waals surface area contributed by atoms with Gasteiger partial charge in [0.1, 0.15) is 0 Å². The van der Waals surface area contributed by atoms with Crippen LogP contribution < -0.4 is 0 Å². The fourth-order valence-corrected chi connectivity index (χ4v) is 12.4. The van der Waals surface area contributed by atoms with E-state index in [1.54, 1.807) is 0 Å². The maximum absolute atomic E-state index is 5.65. The van der Waals surface area contributed by atoms with E-state index >= 15 is 0 Å². The molecular formula is C78H52N2. The van der Waals surface area contributed by atoms with Crippen LogP contribution in [-0.4, -0.2) is 9.55 Å². The van der Waals surface area contributed by atoms with Crippen LogP contribution in [0, 0.1) is 0 Å². The predicted molar refractivity (Wildman–Crippen MR) is 335 cm³/mol. The lowest BCUT2D eigenvalue weighted by Crippen LogP contribution is -1.98. The Bertz CT molecular complexity index is 4540. The molecule has 0 amide bonds. The Morgan fingerprint density at radius 3 is 1.38 bits per heavy atom. The zero-order valence-electron chi connectivity index (χ0n) is 43.9. The molecule has 2 heterocycles. The number of para-hydroxylation sites is 2. The van der Waals surface area contributed by atoms with Crippen molar-refractivity contribution in [2.75, 3.05) is 0 Å². The lowest BCUT2D eigenvalue weighted by molar-refractivity contribution is 1.02. The van der Waals surface area contributed by atoms with Gasteiger partial charge >= 0.3 is 0 Å². The summed E-state index contributed by atoms with van der Waals surface area (Å²) in [5, 5.41) is 2.45. The van der Waals surface area contributed by atoms with Gasteiger partial charge in [-0.05, 0) is 167 Å². The normalized spacial score (nSPS) is 12.6. The highest BCUT2D eigenvalue weighted by molar-refractivity contribution is 6.10. The van der Waals surface area contributed by atoms with Crippen LogP contribution in [0.5, 0.6) is 0 Å². The molecule has 0 bridgehead atoms. The highest BCUT2D eigenvalue weighted by Crippen LogP contribution is 2.50. The minimum Gasteiger partial charge on any atom is -0.309 e. The van der Waals surface area contributed by atoms with Crippen molar-refractivity contribution >= 4 is 21.8 Å². The van der Waals surface area contributed by atoms with Crippen molar-refractivity contribution in [3.63, 3.8) is 0 Å². The van der Waals surface area contributed by atoms with E-state index in [1.807, 2.05) is 0 Å². The van der Waals surface area contributed by atoms with E-state index in [1.165, 1.54) is 77.4 Å². The molecule has 1 unspecified atom stereocenters. The Balaban J connectivity index is 0.903. The Kier molecular flexibility index (Phi) is 11.6. The van der Waals surface area contributed by atoms with E-state index < -0.39 is 0 Å². The molecule has 1 aliphatic carbocycles. The molecule has 0 saturated carbocycles. The summed E-state index contributed by atoms with van der Waals surface area (Å²) in [6.45, 7) is 0. The summed E-state index contributed by atoms with van der Waals surface area (Å²) in [5.74, 6) is 0.165. The SMILES string of the molecule is c1ccc(-c2cc(-c3ccccc3)cc(-c3ccc(-c4cc(-c5ccccc5)nc(-c5cc(-c6ccc7c(c6)c6ccccc6n7-c6ccccc6)ccc5-c5ccc6c(c5)-c5ccccc5C6c5ccccc5)c4)cc3)c2)cc1. The summed E-state index contributed by atoms with van der Waals surface area (Å²) >= 11 is 0. The van der Waals surface area contributed by atoms with Gasteiger partial charge in [-0.1, -0.05) is 237 Å². The van der Waals surface area contributed by atoms with Crippen LogP contribution in [0.1, 0.15) is 22.6 Å². The number of fused-ring (bicyclic) bond motifs is 6. The number of nitrogens with zero attached hydrogens (tertiary/aromatic N) is 2. The van der Waals surface area contributed by atoms with Gasteiger partial charge in [-0.25, -0.2) is 4.98 Å². The van der Waals surface area contributed by atoms with E-state index in [0.717, 1.165) is 67.1 Å². The van der Waals surface area contributed by atoms with Crippen LogP contribution in [0.3, 0.4) is 0 Å². The number of rotatable bonds is 10. The zero-order chi connectivity index (χ0) is 52.9. The van der Waals surface area contributed by atoms with Crippen LogP contribution in [0.4, 0.5) is 0 Å². The second kappa shape index (κ2) is 19.9. The predicted octanol–water partition coefficient (Wildman–Crippen LogP) is 20.7. The fraction of sp³-hybridized carbons (Fsp3) is 0.0128. The summed E-state index contributed by atoms with van der Waals surface area (Å²) in [6.07, 6.45) is 0. The van der Waals surface area contributed by atoms with Gasteiger partial charge in [0, 0.05) is 33.5 Å².